The molecule has 0 saturated heterocycles. The highest BCUT2D eigenvalue weighted by Crippen LogP contribution is 2.22. The molecule has 0 saturated carbocycles. The van der Waals surface area contributed by atoms with Crippen LogP contribution in [-0.4, -0.2) is 4.98 Å². The first kappa shape index (κ1) is 16.6. The lowest BCUT2D eigenvalue weighted by Gasteiger charge is -2.04. The number of hydrogen-bond donors (Lipinski definition) is 1. The van der Waals surface area contributed by atoms with Gasteiger partial charge in [0.2, 0.25) is 0 Å². The Morgan fingerprint density at radius 3 is 2.26 bits per heavy atom. The number of nitrogens with zero attached hydrogens (tertiary/aromatic N) is 2. The fraction of sp³-hybridized carbons (Fsp3) is 0.0435. The van der Waals surface area contributed by atoms with E-state index < -0.39 is 0 Å². The van der Waals surface area contributed by atoms with Gasteiger partial charge in [-0.25, -0.2) is 4.98 Å². The number of nitriles is 1. The summed E-state index contributed by atoms with van der Waals surface area (Å²) in [5.41, 5.74) is 5.01. The summed E-state index contributed by atoms with van der Waals surface area (Å²) >= 11 is 0. The van der Waals surface area contributed by atoms with Gasteiger partial charge in [0.15, 0.2) is 0 Å². The summed E-state index contributed by atoms with van der Waals surface area (Å²) < 4.78 is 5.78. The normalized spacial score (nSPS) is 10.3. The molecule has 0 aliphatic heterocycles. The largest absolute Gasteiger partial charge is 0.428 e. The Hall–Kier alpha value is -3.84. The molecule has 4 rings (SSSR count). The van der Waals surface area contributed by atoms with Gasteiger partial charge < -0.3 is 9.73 Å². The molecule has 0 amide bonds. The van der Waals surface area contributed by atoms with Crippen molar-refractivity contribution in [1.82, 2.24) is 4.98 Å². The van der Waals surface area contributed by atoms with Gasteiger partial charge in [0.1, 0.15) is 5.76 Å². The van der Waals surface area contributed by atoms with Crippen molar-refractivity contribution in [1.29, 1.82) is 5.26 Å². The van der Waals surface area contributed by atoms with Crippen LogP contribution < -0.4 is 5.32 Å². The molecule has 0 atom stereocenters. The third kappa shape index (κ3) is 4.05. The minimum atomic E-state index is 0.440. The summed E-state index contributed by atoms with van der Waals surface area (Å²) in [6.07, 6.45) is 2.41. The van der Waals surface area contributed by atoms with Crippen LogP contribution in [0.4, 0.5) is 11.7 Å². The molecule has 3 aromatic carbocycles. The van der Waals surface area contributed by atoms with Gasteiger partial charge in [-0.3, -0.25) is 0 Å². The van der Waals surface area contributed by atoms with Gasteiger partial charge in [-0.1, -0.05) is 54.6 Å². The van der Waals surface area contributed by atoms with E-state index in [-0.39, 0.29) is 0 Å². The van der Waals surface area contributed by atoms with Crippen molar-refractivity contribution in [2.24, 2.45) is 0 Å². The SMILES string of the molecule is N#Cc1ccc(Nc2ncc(Cc3ccc(-c4ccccc4)cc3)o2)cc1. The number of rotatable bonds is 5. The second-order valence-electron chi connectivity index (χ2n) is 6.19. The molecule has 0 aliphatic carbocycles. The van der Waals surface area contributed by atoms with Crippen LogP contribution >= 0.6 is 0 Å². The fourth-order valence-electron chi connectivity index (χ4n) is 2.85. The van der Waals surface area contributed by atoms with Crippen molar-refractivity contribution in [3.8, 4) is 17.2 Å². The van der Waals surface area contributed by atoms with Gasteiger partial charge in [-0.15, -0.1) is 0 Å². The molecule has 4 aromatic rings. The predicted octanol–water partition coefficient (Wildman–Crippen LogP) is 5.55. The van der Waals surface area contributed by atoms with Gasteiger partial charge >= 0.3 is 0 Å². The Labute approximate surface area is 157 Å². The van der Waals surface area contributed by atoms with Gasteiger partial charge in [-0.2, -0.15) is 5.26 Å². The summed E-state index contributed by atoms with van der Waals surface area (Å²) in [5.74, 6) is 0.790. The van der Waals surface area contributed by atoms with Crippen molar-refractivity contribution >= 4 is 11.7 Å². The molecule has 0 bridgehead atoms. The highest BCUT2D eigenvalue weighted by Gasteiger charge is 2.06. The van der Waals surface area contributed by atoms with Crippen LogP contribution in [-0.2, 0) is 6.42 Å². The Morgan fingerprint density at radius 2 is 1.56 bits per heavy atom. The average Bonchev–Trinajstić information content (AvgIpc) is 3.16. The highest BCUT2D eigenvalue weighted by atomic mass is 16.4. The van der Waals surface area contributed by atoms with E-state index in [0.29, 0.717) is 18.0 Å². The number of nitrogens with one attached hydrogen (secondary N) is 1. The highest BCUT2D eigenvalue weighted by molar-refractivity contribution is 5.63. The molecular weight excluding hydrogens is 334 g/mol. The zero-order chi connectivity index (χ0) is 18.5. The maximum atomic E-state index is 8.84. The van der Waals surface area contributed by atoms with Crippen molar-refractivity contribution < 1.29 is 4.42 Å². The quantitative estimate of drug-likeness (QED) is 0.512. The number of anilines is 2. The van der Waals surface area contributed by atoms with E-state index in [9.17, 15) is 0 Å². The Bertz CT molecular complexity index is 1060. The third-order valence-corrected chi connectivity index (χ3v) is 4.26. The molecule has 130 valence electrons. The minimum absolute atomic E-state index is 0.440. The fourth-order valence-corrected chi connectivity index (χ4v) is 2.85. The second kappa shape index (κ2) is 7.59. The van der Waals surface area contributed by atoms with Crippen LogP contribution in [0.15, 0.2) is 89.5 Å². The molecule has 0 fully saturated rings. The van der Waals surface area contributed by atoms with Crippen LogP contribution in [0.25, 0.3) is 11.1 Å². The van der Waals surface area contributed by atoms with Crippen molar-refractivity contribution in [3.63, 3.8) is 0 Å². The van der Waals surface area contributed by atoms with Crippen LogP contribution in [0.3, 0.4) is 0 Å². The maximum Gasteiger partial charge on any atom is 0.299 e. The summed E-state index contributed by atoms with van der Waals surface area (Å²) in [6, 6.07) is 28.5. The van der Waals surface area contributed by atoms with Gasteiger partial charge in [0.25, 0.3) is 6.01 Å². The predicted molar refractivity (Wildman–Crippen MR) is 106 cm³/mol. The van der Waals surface area contributed by atoms with Crippen molar-refractivity contribution in [3.05, 3.63) is 102 Å². The molecule has 0 aliphatic rings. The standard InChI is InChI=1S/C23H17N3O/c24-15-18-8-12-21(13-9-18)26-23-25-16-22(27-23)14-17-6-10-20(11-7-17)19-4-2-1-3-5-19/h1-13,16H,14H2,(H,25,26). The van der Waals surface area contributed by atoms with Crippen LogP contribution in [0, 0.1) is 11.3 Å². The lowest BCUT2D eigenvalue weighted by atomic mass is 10.0. The lowest BCUT2D eigenvalue weighted by Crippen LogP contribution is -1.90. The van der Waals surface area contributed by atoms with Crippen LogP contribution in [0.2, 0.25) is 0 Å². The van der Waals surface area contributed by atoms with E-state index in [4.69, 9.17) is 9.68 Å². The first-order valence-corrected chi connectivity index (χ1v) is 8.66. The number of oxazole rings is 1. The summed E-state index contributed by atoms with van der Waals surface area (Å²) in [7, 11) is 0. The Morgan fingerprint density at radius 1 is 0.852 bits per heavy atom. The molecule has 0 spiro atoms. The third-order valence-electron chi connectivity index (χ3n) is 4.26. The van der Waals surface area contributed by atoms with Crippen LogP contribution in [0.5, 0.6) is 0 Å². The van der Waals surface area contributed by atoms with E-state index in [1.165, 1.54) is 11.1 Å². The monoisotopic (exact) mass is 351 g/mol. The van der Waals surface area contributed by atoms with Gasteiger partial charge in [0, 0.05) is 12.1 Å². The van der Waals surface area contributed by atoms with Gasteiger partial charge in [0.05, 0.1) is 17.8 Å². The van der Waals surface area contributed by atoms with Gasteiger partial charge in [-0.05, 0) is 41.0 Å². The number of aromatic nitrogens is 1. The zero-order valence-corrected chi connectivity index (χ0v) is 14.6. The molecule has 1 aromatic heterocycles. The molecule has 0 radical (unpaired) electrons. The van der Waals surface area contributed by atoms with E-state index in [2.05, 4.69) is 52.8 Å². The topological polar surface area (TPSA) is 61.9 Å². The minimum Gasteiger partial charge on any atom is -0.428 e. The molecule has 27 heavy (non-hydrogen) atoms. The molecule has 4 heteroatoms. The summed E-state index contributed by atoms with van der Waals surface area (Å²) in [6.45, 7) is 0. The van der Waals surface area contributed by atoms with E-state index in [1.807, 2.05) is 30.3 Å². The van der Waals surface area contributed by atoms with Crippen molar-refractivity contribution in [2.75, 3.05) is 5.32 Å². The average molecular weight is 351 g/mol. The van der Waals surface area contributed by atoms with E-state index in [1.54, 1.807) is 18.3 Å². The first-order chi connectivity index (χ1) is 13.3. The molecular formula is C23H17N3O. The number of benzene rings is 3. The molecule has 1 N–H and O–H groups in total. The Kier molecular flexibility index (Phi) is 4.67. The smallest absolute Gasteiger partial charge is 0.299 e. The maximum absolute atomic E-state index is 8.84. The summed E-state index contributed by atoms with van der Waals surface area (Å²) in [5, 5.41) is 11.9. The zero-order valence-electron chi connectivity index (χ0n) is 14.6. The molecule has 4 nitrogen and oxygen atoms in total. The van der Waals surface area contributed by atoms with E-state index in [0.717, 1.165) is 17.0 Å². The van der Waals surface area contributed by atoms with E-state index >= 15 is 0 Å². The second-order valence-corrected chi connectivity index (χ2v) is 6.19. The first-order valence-electron chi connectivity index (χ1n) is 8.66. The van der Waals surface area contributed by atoms with Crippen molar-refractivity contribution in [2.45, 2.75) is 6.42 Å². The molecule has 1 heterocycles. The molecule has 0 unspecified atom stereocenters. The lowest BCUT2D eigenvalue weighted by molar-refractivity contribution is 0.532. The number of hydrogen-bond acceptors (Lipinski definition) is 4. The Balaban J connectivity index is 1.42. The summed E-state index contributed by atoms with van der Waals surface area (Å²) in [4.78, 5) is 4.27. The van der Waals surface area contributed by atoms with Crippen LogP contribution in [0.1, 0.15) is 16.9 Å².